The van der Waals surface area contributed by atoms with Crippen molar-refractivity contribution in [2.24, 2.45) is 13.0 Å². The minimum Gasteiger partial charge on any atom is -0.382 e. The second-order valence-electron chi connectivity index (χ2n) is 5.41. The molecule has 0 spiro atoms. The molecular formula is C15H20N4O. The standard InChI is InChI=1S/C15H20N4O/c1-11-9-20-7-6-14(11)17-13-5-3-4-12(8-13)15-16-10-19(2)18-15/h3-5,8,10-11,14,17H,6-7,9H2,1-2H3/t11-,14+/m1/s1. The minimum atomic E-state index is 0.468. The maximum absolute atomic E-state index is 5.48. The molecule has 20 heavy (non-hydrogen) atoms. The molecule has 2 heterocycles. The third-order valence-electron chi connectivity index (χ3n) is 3.71. The Hall–Kier alpha value is -1.88. The maximum Gasteiger partial charge on any atom is 0.181 e. The summed E-state index contributed by atoms with van der Waals surface area (Å²) < 4.78 is 7.20. The van der Waals surface area contributed by atoms with Crippen molar-refractivity contribution < 1.29 is 4.74 Å². The fourth-order valence-corrected chi connectivity index (χ4v) is 2.53. The van der Waals surface area contributed by atoms with Crippen molar-refractivity contribution >= 4 is 5.69 Å². The summed E-state index contributed by atoms with van der Waals surface area (Å²) in [5, 5.41) is 7.95. The predicted molar refractivity (Wildman–Crippen MR) is 78.4 cm³/mol. The van der Waals surface area contributed by atoms with E-state index in [9.17, 15) is 0 Å². The van der Waals surface area contributed by atoms with Gasteiger partial charge >= 0.3 is 0 Å². The molecule has 0 unspecified atom stereocenters. The summed E-state index contributed by atoms with van der Waals surface area (Å²) in [5.41, 5.74) is 2.16. The zero-order chi connectivity index (χ0) is 13.9. The van der Waals surface area contributed by atoms with E-state index in [1.807, 2.05) is 19.2 Å². The average molecular weight is 272 g/mol. The molecule has 1 aromatic carbocycles. The molecule has 1 aliphatic heterocycles. The van der Waals surface area contributed by atoms with E-state index in [0.717, 1.165) is 36.7 Å². The van der Waals surface area contributed by atoms with Crippen molar-refractivity contribution in [1.29, 1.82) is 0 Å². The van der Waals surface area contributed by atoms with Gasteiger partial charge in [-0.1, -0.05) is 19.1 Å². The van der Waals surface area contributed by atoms with Gasteiger partial charge in [-0.2, -0.15) is 5.10 Å². The van der Waals surface area contributed by atoms with E-state index in [4.69, 9.17) is 4.74 Å². The first-order valence-electron chi connectivity index (χ1n) is 7.03. The Morgan fingerprint density at radius 2 is 2.30 bits per heavy atom. The molecule has 0 amide bonds. The van der Waals surface area contributed by atoms with Gasteiger partial charge < -0.3 is 10.1 Å². The molecule has 1 N–H and O–H groups in total. The first kappa shape index (κ1) is 13.1. The number of ether oxygens (including phenoxy) is 1. The van der Waals surface area contributed by atoms with Crippen LogP contribution in [0.25, 0.3) is 11.4 Å². The van der Waals surface area contributed by atoms with E-state index < -0.39 is 0 Å². The molecule has 0 saturated carbocycles. The minimum absolute atomic E-state index is 0.468. The first-order valence-corrected chi connectivity index (χ1v) is 7.03. The predicted octanol–water partition coefficient (Wildman–Crippen LogP) is 2.32. The monoisotopic (exact) mass is 272 g/mol. The van der Waals surface area contributed by atoms with E-state index in [-0.39, 0.29) is 0 Å². The molecule has 5 nitrogen and oxygen atoms in total. The van der Waals surface area contributed by atoms with E-state index in [0.29, 0.717) is 12.0 Å². The van der Waals surface area contributed by atoms with Crippen molar-refractivity contribution in [2.45, 2.75) is 19.4 Å². The number of nitrogens with zero attached hydrogens (tertiary/aromatic N) is 3. The lowest BCUT2D eigenvalue weighted by molar-refractivity contribution is 0.0538. The van der Waals surface area contributed by atoms with Crippen molar-refractivity contribution in [3.63, 3.8) is 0 Å². The van der Waals surface area contributed by atoms with Crippen LogP contribution in [0, 0.1) is 5.92 Å². The van der Waals surface area contributed by atoms with Crippen molar-refractivity contribution in [3.8, 4) is 11.4 Å². The largest absolute Gasteiger partial charge is 0.382 e. The molecule has 1 saturated heterocycles. The Labute approximate surface area is 119 Å². The number of benzene rings is 1. The Kier molecular flexibility index (Phi) is 3.69. The smallest absolute Gasteiger partial charge is 0.181 e. The van der Waals surface area contributed by atoms with Gasteiger partial charge in [0.25, 0.3) is 0 Å². The van der Waals surface area contributed by atoms with Gasteiger partial charge in [0.2, 0.25) is 0 Å². The Morgan fingerprint density at radius 3 is 3.05 bits per heavy atom. The molecule has 5 heteroatoms. The first-order chi connectivity index (χ1) is 9.72. The topological polar surface area (TPSA) is 52.0 Å². The molecule has 1 aromatic heterocycles. The Balaban J connectivity index is 1.77. The number of anilines is 1. The fourth-order valence-electron chi connectivity index (χ4n) is 2.53. The van der Waals surface area contributed by atoms with Gasteiger partial charge in [-0.05, 0) is 24.5 Å². The molecule has 106 valence electrons. The third-order valence-corrected chi connectivity index (χ3v) is 3.71. The Bertz CT molecular complexity index is 581. The number of aryl methyl sites for hydroxylation is 1. The summed E-state index contributed by atoms with van der Waals surface area (Å²) in [6.45, 7) is 3.89. The van der Waals surface area contributed by atoms with Crippen LogP contribution >= 0.6 is 0 Å². The van der Waals surface area contributed by atoms with Crippen molar-refractivity contribution in [1.82, 2.24) is 14.8 Å². The highest BCUT2D eigenvalue weighted by molar-refractivity contribution is 5.62. The SMILES string of the molecule is C[C@@H]1COCC[C@@H]1Nc1cccc(-c2ncn(C)n2)c1. The molecule has 0 radical (unpaired) electrons. The van der Waals surface area contributed by atoms with Gasteiger partial charge in [-0.25, -0.2) is 4.98 Å². The van der Waals surface area contributed by atoms with Crippen LogP contribution in [-0.2, 0) is 11.8 Å². The van der Waals surface area contributed by atoms with Crippen LogP contribution in [0.3, 0.4) is 0 Å². The number of aromatic nitrogens is 3. The van der Waals surface area contributed by atoms with Crippen LogP contribution in [0.4, 0.5) is 5.69 Å². The lowest BCUT2D eigenvalue weighted by atomic mass is 9.97. The molecular weight excluding hydrogens is 252 g/mol. The second-order valence-corrected chi connectivity index (χ2v) is 5.41. The van der Waals surface area contributed by atoms with Gasteiger partial charge in [0.15, 0.2) is 5.82 Å². The summed E-state index contributed by atoms with van der Waals surface area (Å²) in [6.07, 6.45) is 2.77. The highest BCUT2D eigenvalue weighted by Gasteiger charge is 2.21. The fraction of sp³-hybridized carbons (Fsp3) is 0.467. The third kappa shape index (κ3) is 2.82. The van der Waals surface area contributed by atoms with Crippen molar-refractivity contribution in [2.75, 3.05) is 18.5 Å². The summed E-state index contributed by atoms with van der Waals surface area (Å²) >= 11 is 0. The number of rotatable bonds is 3. The van der Waals surface area contributed by atoms with Crippen LogP contribution in [0.15, 0.2) is 30.6 Å². The highest BCUT2D eigenvalue weighted by atomic mass is 16.5. The second kappa shape index (κ2) is 5.63. The summed E-state index contributed by atoms with van der Waals surface area (Å²) in [5.74, 6) is 1.29. The van der Waals surface area contributed by atoms with Gasteiger partial charge in [0.1, 0.15) is 6.33 Å². The average Bonchev–Trinajstić information content (AvgIpc) is 2.89. The number of hydrogen-bond acceptors (Lipinski definition) is 4. The quantitative estimate of drug-likeness (QED) is 0.931. The lowest BCUT2D eigenvalue weighted by Gasteiger charge is -2.30. The summed E-state index contributed by atoms with van der Waals surface area (Å²) in [4.78, 5) is 4.29. The lowest BCUT2D eigenvalue weighted by Crippen LogP contribution is -2.35. The molecule has 1 aliphatic rings. The van der Waals surface area contributed by atoms with Crippen LogP contribution in [0.2, 0.25) is 0 Å². The van der Waals surface area contributed by atoms with Crippen LogP contribution in [0.1, 0.15) is 13.3 Å². The molecule has 3 rings (SSSR count). The van der Waals surface area contributed by atoms with Crippen LogP contribution in [0.5, 0.6) is 0 Å². The summed E-state index contributed by atoms with van der Waals surface area (Å²) in [6, 6.07) is 8.74. The molecule has 0 aliphatic carbocycles. The zero-order valence-electron chi connectivity index (χ0n) is 11.9. The van der Waals surface area contributed by atoms with Crippen molar-refractivity contribution in [3.05, 3.63) is 30.6 Å². The van der Waals surface area contributed by atoms with Gasteiger partial charge in [-0.15, -0.1) is 0 Å². The molecule has 2 aromatic rings. The van der Waals surface area contributed by atoms with Gasteiger partial charge in [0, 0.05) is 30.9 Å². The summed E-state index contributed by atoms with van der Waals surface area (Å²) in [7, 11) is 1.88. The highest BCUT2D eigenvalue weighted by Crippen LogP contribution is 2.23. The van der Waals surface area contributed by atoms with Crippen LogP contribution in [-0.4, -0.2) is 34.0 Å². The maximum atomic E-state index is 5.48. The van der Waals surface area contributed by atoms with Gasteiger partial charge in [0.05, 0.1) is 6.61 Å². The normalized spacial score (nSPS) is 22.7. The molecule has 1 fully saturated rings. The molecule has 0 bridgehead atoms. The van der Waals surface area contributed by atoms with E-state index in [1.165, 1.54) is 0 Å². The van der Waals surface area contributed by atoms with E-state index in [1.54, 1.807) is 11.0 Å². The van der Waals surface area contributed by atoms with E-state index in [2.05, 4.69) is 34.5 Å². The van der Waals surface area contributed by atoms with E-state index >= 15 is 0 Å². The zero-order valence-corrected chi connectivity index (χ0v) is 11.9. The molecule has 2 atom stereocenters. The number of nitrogens with one attached hydrogen (secondary N) is 1. The number of hydrogen-bond donors (Lipinski definition) is 1. The van der Waals surface area contributed by atoms with Gasteiger partial charge in [-0.3, -0.25) is 4.68 Å². The Morgan fingerprint density at radius 1 is 1.40 bits per heavy atom. The van der Waals surface area contributed by atoms with Crippen LogP contribution < -0.4 is 5.32 Å².